The molecule has 1 aliphatic heterocycles. The van der Waals surface area contributed by atoms with Gasteiger partial charge in [0.25, 0.3) is 0 Å². The Morgan fingerprint density at radius 3 is 2.24 bits per heavy atom. The summed E-state index contributed by atoms with van der Waals surface area (Å²) < 4.78 is 0. The molecule has 3 unspecified atom stereocenters. The second-order valence-electron chi connectivity index (χ2n) is 7.10. The molecule has 0 aromatic heterocycles. The van der Waals surface area contributed by atoms with E-state index in [1.807, 2.05) is 4.90 Å². The lowest BCUT2D eigenvalue weighted by Crippen LogP contribution is -2.43. The van der Waals surface area contributed by atoms with E-state index in [9.17, 15) is 14.7 Å². The van der Waals surface area contributed by atoms with Crippen molar-refractivity contribution < 1.29 is 14.7 Å². The minimum absolute atomic E-state index is 0.103. The standard InChI is InChI=1S/C17H29NO3/c1-12(2)13-6-5-10-18(11-9-13)16(19)14-7-3-4-8-15(14)17(20)21/h12-15H,3-11H2,1-2H3,(H,20,21). The summed E-state index contributed by atoms with van der Waals surface area (Å²) in [7, 11) is 0. The fourth-order valence-electron chi connectivity index (χ4n) is 3.97. The highest BCUT2D eigenvalue weighted by molar-refractivity contribution is 5.85. The molecule has 1 heterocycles. The fraction of sp³-hybridized carbons (Fsp3) is 0.882. The summed E-state index contributed by atoms with van der Waals surface area (Å²) in [6.07, 6.45) is 6.65. The quantitative estimate of drug-likeness (QED) is 0.870. The minimum Gasteiger partial charge on any atom is -0.481 e. The van der Waals surface area contributed by atoms with E-state index in [0.717, 1.165) is 45.2 Å². The van der Waals surface area contributed by atoms with Crippen molar-refractivity contribution in [2.75, 3.05) is 13.1 Å². The van der Waals surface area contributed by atoms with Crippen molar-refractivity contribution >= 4 is 11.9 Å². The molecule has 1 aliphatic carbocycles. The van der Waals surface area contributed by atoms with Crippen LogP contribution in [0.1, 0.15) is 58.8 Å². The second kappa shape index (κ2) is 7.28. The lowest BCUT2D eigenvalue weighted by atomic mass is 9.78. The third-order valence-electron chi connectivity index (χ3n) is 5.43. The number of likely N-dealkylation sites (tertiary alicyclic amines) is 1. The number of nitrogens with zero attached hydrogens (tertiary/aromatic N) is 1. The predicted octanol–water partition coefficient (Wildman–Crippen LogP) is 3.16. The van der Waals surface area contributed by atoms with Gasteiger partial charge in [0.1, 0.15) is 0 Å². The first kappa shape index (κ1) is 16.3. The van der Waals surface area contributed by atoms with E-state index in [2.05, 4.69) is 13.8 Å². The fourth-order valence-corrected chi connectivity index (χ4v) is 3.97. The van der Waals surface area contributed by atoms with Crippen molar-refractivity contribution in [3.63, 3.8) is 0 Å². The van der Waals surface area contributed by atoms with Crippen molar-refractivity contribution in [2.45, 2.75) is 58.8 Å². The molecule has 0 aromatic rings. The van der Waals surface area contributed by atoms with Crippen LogP contribution in [0.3, 0.4) is 0 Å². The van der Waals surface area contributed by atoms with E-state index < -0.39 is 11.9 Å². The Morgan fingerprint density at radius 1 is 0.952 bits per heavy atom. The third kappa shape index (κ3) is 3.98. The molecule has 0 spiro atoms. The molecule has 0 radical (unpaired) electrons. The Balaban J connectivity index is 1.99. The Morgan fingerprint density at radius 2 is 1.62 bits per heavy atom. The van der Waals surface area contributed by atoms with Crippen LogP contribution in [0, 0.1) is 23.7 Å². The summed E-state index contributed by atoms with van der Waals surface area (Å²) in [5.74, 6) is -0.0670. The third-order valence-corrected chi connectivity index (χ3v) is 5.43. The lowest BCUT2D eigenvalue weighted by Gasteiger charge is -2.32. The molecule has 2 fully saturated rings. The summed E-state index contributed by atoms with van der Waals surface area (Å²) in [4.78, 5) is 26.1. The summed E-state index contributed by atoms with van der Waals surface area (Å²) in [6.45, 7) is 6.13. The number of amides is 1. The van der Waals surface area contributed by atoms with Gasteiger partial charge in [-0.15, -0.1) is 0 Å². The Labute approximate surface area is 127 Å². The van der Waals surface area contributed by atoms with Gasteiger partial charge in [-0.25, -0.2) is 0 Å². The molecule has 1 N–H and O–H groups in total. The number of hydrogen-bond acceptors (Lipinski definition) is 2. The second-order valence-corrected chi connectivity index (χ2v) is 7.10. The molecule has 0 aromatic carbocycles. The molecule has 0 bridgehead atoms. The number of carboxylic acid groups (broad SMARTS) is 1. The zero-order chi connectivity index (χ0) is 15.4. The molecule has 2 rings (SSSR count). The van der Waals surface area contributed by atoms with Gasteiger partial charge in [-0.3, -0.25) is 9.59 Å². The van der Waals surface area contributed by atoms with Gasteiger partial charge in [0.2, 0.25) is 5.91 Å². The Bertz CT molecular complexity index is 380. The maximum Gasteiger partial charge on any atom is 0.307 e. The molecule has 120 valence electrons. The van der Waals surface area contributed by atoms with Crippen LogP contribution in [0.2, 0.25) is 0 Å². The first-order valence-electron chi connectivity index (χ1n) is 8.52. The Hall–Kier alpha value is -1.06. The summed E-state index contributed by atoms with van der Waals surface area (Å²) in [5.41, 5.74) is 0. The van der Waals surface area contributed by atoms with Crippen LogP contribution in [-0.2, 0) is 9.59 Å². The van der Waals surface area contributed by atoms with Gasteiger partial charge in [-0.05, 0) is 43.9 Å². The molecule has 1 saturated carbocycles. The van der Waals surface area contributed by atoms with Gasteiger partial charge in [0, 0.05) is 13.1 Å². The van der Waals surface area contributed by atoms with Crippen LogP contribution < -0.4 is 0 Å². The molecule has 2 aliphatic rings. The average molecular weight is 295 g/mol. The normalized spacial score (nSPS) is 31.0. The zero-order valence-corrected chi connectivity index (χ0v) is 13.4. The van der Waals surface area contributed by atoms with Crippen LogP contribution in [0.25, 0.3) is 0 Å². The van der Waals surface area contributed by atoms with Crippen molar-refractivity contribution in [1.82, 2.24) is 4.90 Å². The van der Waals surface area contributed by atoms with Gasteiger partial charge in [0.05, 0.1) is 11.8 Å². The van der Waals surface area contributed by atoms with E-state index >= 15 is 0 Å². The molecule has 4 heteroatoms. The van der Waals surface area contributed by atoms with Crippen LogP contribution in [-0.4, -0.2) is 35.0 Å². The van der Waals surface area contributed by atoms with Crippen LogP contribution in [0.5, 0.6) is 0 Å². The van der Waals surface area contributed by atoms with Gasteiger partial charge < -0.3 is 10.0 Å². The highest BCUT2D eigenvalue weighted by atomic mass is 16.4. The predicted molar refractivity (Wildman–Crippen MR) is 81.8 cm³/mol. The topological polar surface area (TPSA) is 57.6 Å². The summed E-state index contributed by atoms with van der Waals surface area (Å²) >= 11 is 0. The average Bonchev–Trinajstić information content (AvgIpc) is 2.72. The maximum absolute atomic E-state index is 12.8. The molecule has 1 amide bonds. The van der Waals surface area contributed by atoms with E-state index in [1.165, 1.54) is 6.42 Å². The number of carbonyl (C=O) groups is 2. The van der Waals surface area contributed by atoms with E-state index in [4.69, 9.17) is 0 Å². The van der Waals surface area contributed by atoms with E-state index in [-0.39, 0.29) is 11.8 Å². The molecule has 3 atom stereocenters. The molecule has 4 nitrogen and oxygen atoms in total. The van der Waals surface area contributed by atoms with Crippen LogP contribution in [0.15, 0.2) is 0 Å². The van der Waals surface area contributed by atoms with Gasteiger partial charge in [-0.2, -0.15) is 0 Å². The van der Waals surface area contributed by atoms with Gasteiger partial charge >= 0.3 is 5.97 Å². The van der Waals surface area contributed by atoms with Gasteiger partial charge in [-0.1, -0.05) is 26.7 Å². The maximum atomic E-state index is 12.8. The van der Waals surface area contributed by atoms with E-state index in [1.54, 1.807) is 0 Å². The number of aliphatic carboxylic acids is 1. The first-order chi connectivity index (χ1) is 10.0. The molecular formula is C17H29NO3. The SMILES string of the molecule is CC(C)C1CCCN(C(=O)C2CCCCC2C(=O)O)CC1. The van der Waals surface area contributed by atoms with Crippen LogP contribution in [0.4, 0.5) is 0 Å². The Kier molecular flexibility index (Phi) is 5.65. The van der Waals surface area contributed by atoms with E-state index in [0.29, 0.717) is 18.3 Å². The molecule has 21 heavy (non-hydrogen) atoms. The highest BCUT2D eigenvalue weighted by Crippen LogP contribution is 2.33. The number of rotatable bonds is 3. The number of carboxylic acids is 1. The van der Waals surface area contributed by atoms with Crippen molar-refractivity contribution in [3.05, 3.63) is 0 Å². The summed E-state index contributed by atoms with van der Waals surface area (Å²) in [6, 6.07) is 0. The highest BCUT2D eigenvalue weighted by Gasteiger charge is 2.38. The van der Waals surface area contributed by atoms with Gasteiger partial charge in [0.15, 0.2) is 0 Å². The minimum atomic E-state index is -0.789. The largest absolute Gasteiger partial charge is 0.481 e. The first-order valence-corrected chi connectivity index (χ1v) is 8.52. The lowest BCUT2D eigenvalue weighted by molar-refractivity contribution is -0.152. The zero-order valence-electron chi connectivity index (χ0n) is 13.4. The van der Waals surface area contributed by atoms with Crippen molar-refractivity contribution in [3.8, 4) is 0 Å². The van der Waals surface area contributed by atoms with Crippen molar-refractivity contribution in [1.29, 1.82) is 0 Å². The monoisotopic (exact) mass is 295 g/mol. The number of carbonyl (C=O) groups excluding carboxylic acids is 1. The smallest absolute Gasteiger partial charge is 0.307 e. The van der Waals surface area contributed by atoms with Crippen molar-refractivity contribution in [2.24, 2.45) is 23.7 Å². The molecule has 1 saturated heterocycles. The summed E-state index contributed by atoms with van der Waals surface area (Å²) in [5, 5.41) is 9.36. The molecular weight excluding hydrogens is 266 g/mol. The number of hydrogen-bond donors (Lipinski definition) is 1. The van der Waals surface area contributed by atoms with Crippen LogP contribution >= 0.6 is 0 Å².